The van der Waals surface area contributed by atoms with Gasteiger partial charge in [0, 0.05) is 19.2 Å². The number of nitrogens with one attached hydrogen (secondary N) is 1. The predicted octanol–water partition coefficient (Wildman–Crippen LogP) is 0.418. The highest BCUT2D eigenvalue weighted by Gasteiger charge is 2.19. The summed E-state index contributed by atoms with van der Waals surface area (Å²) in [5.41, 5.74) is 7.95. The maximum atomic E-state index is 11.3. The molecule has 0 saturated heterocycles. The van der Waals surface area contributed by atoms with Crippen molar-refractivity contribution in [3.8, 4) is 5.75 Å². The number of ether oxygens (including phenoxy) is 1. The van der Waals surface area contributed by atoms with Crippen LogP contribution in [0.3, 0.4) is 0 Å². The lowest BCUT2D eigenvalue weighted by atomic mass is 10.2. The largest absolute Gasteiger partial charge is 0.482 e. The molecule has 18 heavy (non-hydrogen) atoms. The van der Waals surface area contributed by atoms with Crippen LogP contribution in [0.5, 0.6) is 5.75 Å². The molecular weight excluding hydrogens is 234 g/mol. The second-order valence-electron chi connectivity index (χ2n) is 4.05. The van der Waals surface area contributed by atoms with E-state index in [0.29, 0.717) is 23.7 Å². The summed E-state index contributed by atoms with van der Waals surface area (Å²) in [5.74, 6) is 0.402. The molecule has 1 aliphatic rings. The second kappa shape index (κ2) is 5.14. The molecule has 0 fully saturated rings. The average Bonchev–Trinajstić information content (AvgIpc) is 2.36. The van der Waals surface area contributed by atoms with E-state index in [4.69, 9.17) is 15.6 Å². The molecule has 1 aromatic carbocycles. The Hall–Kier alpha value is -1.95. The van der Waals surface area contributed by atoms with E-state index in [1.165, 1.54) is 0 Å². The molecule has 0 bridgehead atoms. The maximum absolute atomic E-state index is 11.3. The number of hydrogen-bond acceptors (Lipinski definition) is 5. The molecule has 1 amide bonds. The number of carbonyl (C=O) groups is 1. The number of nitrogens with two attached hydrogens (primary N) is 1. The van der Waals surface area contributed by atoms with Gasteiger partial charge in [0.05, 0.1) is 23.7 Å². The van der Waals surface area contributed by atoms with Gasteiger partial charge < -0.3 is 25.8 Å². The SMILES string of the molecule is CCN(CCO)c1cc2c(cc1N)OCC(=O)N2. The van der Waals surface area contributed by atoms with Gasteiger partial charge in [0.1, 0.15) is 5.75 Å². The molecule has 0 aliphatic carbocycles. The highest BCUT2D eigenvalue weighted by molar-refractivity contribution is 5.97. The first-order valence-corrected chi connectivity index (χ1v) is 5.87. The normalized spacial score (nSPS) is 13.6. The Bertz CT molecular complexity index is 462. The lowest BCUT2D eigenvalue weighted by Crippen LogP contribution is -2.29. The van der Waals surface area contributed by atoms with E-state index in [1.807, 2.05) is 11.8 Å². The van der Waals surface area contributed by atoms with Gasteiger partial charge in [-0.05, 0) is 13.0 Å². The topological polar surface area (TPSA) is 87.8 Å². The molecule has 0 atom stereocenters. The van der Waals surface area contributed by atoms with Crippen LogP contribution in [0.1, 0.15) is 6.92 Å². The molecular formula is C12H17N3O3. The zero-order valence-corrected chi connectivity index (χ0v) is 10.3. The molecule has 0 radical (unpaired) electrons. The summed E-state index contributed by atoms with van der Waals surface area (Å²) in [6.45, 7) is 3.25. The Morgan fingerprint density at radius 3 is 3.00 bits per heavy atom. The highest BCUT2D eigenvalue weighted by atomic mass is 16.5. The molecule has 1 aliphatic heterocycles. The minimum atomic E-state index is -0.177. The molecule has 1 aromatic rings. The van der Waals surface area contributed by atoms with Gasteiger partial charge in [-0.15, -0.1) is 0 Å². The van der Waals surface area contributed by atoms with Crippen LogP contribution in [0.2, 0.25) is 0 Å². The van der Waals surface area contributed by atoms with Crippen molar-refractivity contribution >= 4 is 23.0 Å². The predicted molar refractivity (Wildman–Crippen MR) is 70.0 cm³/mol. The number of aliphatic hydroxyl groups is 1. The van der Waals surface area contributed by atoms with E-state index < -0.39 is 0 Å². The Labute approximate surface area is 105 Å². The summed E-state index contributed by atoms with van der Waals surface area (Å²) >= 11 is 0. The van der Waals surface area contributed by atoms with Crippen molar-refractivity contribution in [2.45, 2.75) is 6.92 Å². The van der Waals surface area contributed by atoms with Crippen LogP contribution in [-0.4, -0.2) is 37.3 Å². The van der Waals surface area contributed by atoms with Gasteiger partial charge in [0.25, 0.3) is 5.91 Å². The van der Waals surface area contributed by atoms with E-state index in [2.05, 4.69) is 5.32 Å². The fraction of sp³-hybridized carbons (Fsp3) is 0.417. The van der Waals surface area contributed by atoms with Crippen molar-refractivity contribution in [3.05, 3.63) is 12.1 Å². The smallest absolute Gasteiger partial charge is 0.262 e. The number of rotatable bonds is 4. The highest BCUT2D eigenvalue weighted by Crippen LogP contribution is 2.36. The summed E-state index contributed by atoms with van der Waals surface area (Å²) in [7, 11) is 0. The number of benzene rings is 1. The number of nitrogen functional groups attached to an aromatic ring is 1. The molecule has 98 valence electrons. The van der Waals surface area contributed by atoms with Crippen molar-refractivity contribution in [2.75, 3.05) is 42.3 Å². The third kappa shape index (κ3) is 2.33. The van der Waals surface area contributed by atoms with E-state index in [9.17, 15) is 4.79 Å². The van der Waals surface area contributed by atoms with Gasteiger partial charge in [-0.25, -0.2) is 0 Å². The van der Waals surface area contributed by atoms with Gasteiger partial charge in [-0.3, -0.25) is 4.79 Å². The molecule has 0 saturated carbocycles. The zero-order chi connectivity index (χ0) is 13.1. The Morgan fingerprint density at radius 1 is 1.56 bits per heavy atom. The van der Waals surface area contributed by atoms with Gasteiger partial charge in [0.15, 0.2) is 6.61 Å². The summed E-state index contributed by atoms with van der Waals surface area (Å²) in [6, 6.07) is 3.48. The first-order valence-electron chi connectivity index (χ1n) is 5.87. The number of nitrogens with zero attached hydrogens (tertiary/aromatic N) is 1. The second-order valence-corrected chi connectivity index (χ2v) is 4.05. The van der Waals surface area contributed by atoms with Crippen LogP contribution in [0.4, 0.5) is 17.1 Å². The summed E-state index contributed by atoms with van der Waals surface area (Å²) in [6.07, 6.45) is 0. The summed E-state index contributed by atoms with van der Waals surface area (Å²) in [4.78, 5) is 13.2. The van der Waals surface area contributed by atoms with Gasteiger partial charge in [-0.2, -0.15) is 0 Å². The van der Waals surface area contributed by atoms with Gasteiger partial charge >= 0.3 is 0 Å². The first-order chi connectivity index (χ1) is 8.65. The lowest BCUT2D eigenvalue weighted by Gasteiger charge is -2.26. The zero-order valence-electron chi connectivity index (χ0n) is 10.3. The van der Waals surface area contributed by atoms with E-state index in [1.54, 1.807) is 12.1 Å². The fourth-order valence-electron chi connectivity index (χ4n) is 1.97. The average molecular weight is 251 g/mol. The third-order valence-electron chi connectivity index (χ3n) is 2.85. The van der Waals surface area contributed by atoms with Crippen LogP contribution < -0.4 is 20.7 Å². The fourth-order valence-corrected chi connectivity index (χ4v) is 1.97. The van der Waals surface area contributed by atoms with Crippen LogP contribution in [0.15, 0.2) is 12.1 Å². The van der Waals surface area contributed by atoms with Crippen molar-refractivity contribution < 1.29 is 14.6 Å². The Balaban J connectivity index is 2.36. The maximum Gasteiger partial charge on any atom is 0.262 e. The number of fused-ring (bicyclic) bond motifs is 1. The van der Waals surface area contributed by atoms with E-state index >= 15 is 0 Å². The molecule has 4 N–H and O–H groups in total. The van der Waals surface area contributed by atoms with Crippen LogP contribution in [0, 0.1) is 0 Å². The first kappa shape index (κ1) is 12.5. The van der Waals surface area contributed by atoms with Crippen molar-refractivity contribution in [3.63, 3.8) is 0 Å². The Kier molecular flexibility index (Phi) is 3.57. The van der Waals surface area contributed by atoms with Crippen LogP contribution in [-0.2, 0) is 4.79 Å². The number of carbonyl (C=O) groups excluding carboxylic acids is 1. The van der Waals surface area contributed by atoms with E-state index in [-0.39, 0.29) is 19.1 Å². The molecule has 0 unspecified atom stereocenters. The van der Waals surface area contributed by atoms with Gasteiger partial charge in [-0.1, -0.05) is 0 Å². The summed E-state index contributed by atoms with van der Waals surface area (Å²) < 4.78 is 5.28. The molecule has 2 rings (SSSR count). The Morgan fingerprint density at radius 2 is 2.33 bits per heavy atom. The van der Waals surface area contributed by atoms with Crippen LogP contribution >= 0.6 is 0 Å². The number of likely N-dealkylation sites (N-methyl/N-ethyl adjacent to an activating group) is 1. The van der Waals surface area contributed by atoms with Gasteiger partial charge in [0.2, 0.25) is 0 Å². The van der Waals surface area contributed by atoms with Crippen molar-refractivity contribution in [2.24, 2.45) is 0 Å². The minimum Gasteiger partial charge on any atom is -0.482 e. The monoisotopic (exact) mass is 251 g/mol. The minimum absolute atomic E-state index is 0.0138. The number of amides is 1. The third-order valence-corrected chi connectivity index (χ3v) is 2.85. The summed E-state index contributed by atoms with van der Waals surface area (Å²) in [5, 5.41) is 11.8. The molecule has 6 heteroatoms. The quantitative estimate of drug-likeness (QED) is 0.675. The van der Waals surface area contributed by atoms with Crippen molar-refractivity contribution in [1.82, 2.24) is 0 Å². The molecule has 0 aromatic heterocycles. The van der Waals surface area contributed by atoms with E-state index in [0.717, 1.165) is 12.2 Å². The molecule has 1 heterocycles. The molecule has 6 nitrogen and oxygen atoms in total. The van der Waals surface area contributed by atoms with Crippen molar-refractivity contribution in [1.29, 1.82) is 0 Å². The lowest BCUT2D eigenvalue weighted by molar-refractivity contribution is -0.118. The van der Waals surface area contributed by atoms with Crippen LogP contribution in [0.25, 0.3) is 0 Å². The standard InChI is InChI=1S/C12H17N3O3/c1-2-15(3-4-16)10-6-9-11(5-8(10)13)18-7-12(17)14-9/h5-6,16H,2-4,7,13H2,1H3,(H,14,17). The number of anilines is 3. The number of aliphatic hydroxyl groups excluding tert-OH is 1. The molecule has 0 spiro atoms. The number of hydrogen-bond donors (Lipinski definition) is 3.